The maximum Gasteiger partial charge on any atom is 0.127 e. The number of hydrogen-bond donors (Lipinski definition) is 1. The molecule has 0 aliphatic carbocycles. The number of nitrogens with two attached hydrogens (primary N) is 1. The first-order valence-electron chi connectivity index (χ1n) is 5.80. The van der Waals surface area contributed by atoms with Crippen molar-refractivity contribution in [2.45, 2.75) is 0 Å². The van der Waals surface area contributed by atoms with Gasteiger partial charge in [0.05, 0.1) is 6.61 Å². The van der Waals surface area contributed by atoms with Crippen LogP contribution in [-0.2, 0) is 0 Å². The maximum atomic E-state index is 5.80. The summed E-state index contributed by atoms with van der Waals surface area (Å²) >= 11 is 1.83. The van der Waals surface area contributed by atoms with Gasteiger partial charge in [0.25, 0.3) is 0 Å². The van der Waals surface area contributed by atoms with Crippen molar-refractivity contribution >= 4 is 22.5 Å². The largest absolute Gasteiger partial charge is 0.492 e. The zero-order chi connectivity index (χ0) is 11.9. The molecule has 0 saturated heterocycles. The van der Waals surface area contributed by atoms with E-state index in [4.69, 9.17) is 10.5 Å². The topological polar surface area (TPSA) is 35.2 Å². The first-order valence-corrected chi connectivity index (χ1v) is 6.95. The molecule has 0 amide bonds. The van der Waals surface area contributed by atoms with E-state index < -0.39 is 0 Å². The Balaban J connectivity index is 1.98. The molecule has 0 atom stereocenters. The lowest BCUT2D eigenvalue weighted by Gasteiger charge is -2.08. The van der Waals surface area contributed by atoms with Crippen LogP contribution in [0.25, 0.3) is 10.8 Å². The summed E-state index contributed by atoms with van der Waals surface area (Å²) in [4.78, 5) is 0. The van der Waals surface area contributed by atoms with Gasteiger partial charge in [0.15, 0.2) is 0 Å². The fourth-order valence-electron chi connectivity index (χ4n) is 1.72. The van der Waals surface area contributed by atoms with Gasteiger partial charge in [-0.05, 0) is 11.5 Å². The standard InChI is InChI=1S/C14H17NOS/c15-8-10-17-11-9-16-14-7-3-5-12-4-1-2-6-13(12)14/h1-7H,8-11,15H2. The smallest absolute Gasteiger partial charge is 0.127 e. The fourth-order valence-corrected chi connectivity index (χ4v) is 2.29. The molecule has 3 heteroatoms. The Labute approximate surface area is 106 Å². The number of hydrogen-bond acceptors (Lipinski definition) is 3. The van der Waals surface area contributed by atoms with E-state index in [1.54, 1.807) is 0 Å². The molecule has 0 bridgehead atoms. The van der Waals surface area contributed by atoms with E-state index in [-0.39, 0.29) is 0 Å². The minimum absolute atomic E-state index is 0.735. The molecule has 2 N–H and O–H groups in total. The predicted molar refractivity (Wildman–Crippen MR) is 75.8 cm³/mol. The van der Waals surface area contributed by atoms with Crippen LogP contribution in [0.1, 0.15) is 0 Å². The van der Waals surface area contributed by atoms with Crippen molar-refractivity contribution in [2.24, 2.45) is 5.73 Å². The second-order valence-electron chi connectivity index (χ2n) is 3.73. The average Bonchev–Trinajstić information content (AvgIpc) is 2.39. The van der Waals surface area contributed by atoms with Crippen molar-refractivity contribution in [1.82, 2.24) is 0 Å². The highest BCUT2D eigenvalue weighted by atomic mass is 32.2. The van der Waals surface area contributed by atoms with Crippen LogP contribution in [-0.4, -0.2) is 24.7 Å². The van der Waals surface area contributed by atoms with Crippen molar-refractivity contribution in [1.29, 1.82) is 0 Å². The quantitative estimate of drug-likeness (QED) is 0.797. The van der Waals surface area contributed by atoms with Crippen LogP contribution in [0.2, 0.25) is 0 Å². The Morgan fingerprint density at radius 3 is 2.71 bits per heavy atom. The summed E-state index contributed by atoms with van der Waals surface area (Å²) < 4.78 is 5.80. The summed E-state index contributed by atoms with van der Waals surface area (Å²) in [6.07, 6.45) is 0. The molecule has 2 aromatic rings. The normalized spacial score (nSPS) is 10.6. The summed E-state index contributed by atoms with van der Waals surface area (Å²) in [7, 11) is 0. The van der Waals surface area contributed by atoms with Gasteiger partial charge in [0, 0.05) is 23.4 Å². The number of rotatable bonds is 6. The van der Waals surface area contributed by atoms with Gasteiger partial charge in [0.1, 0.15) is 5.75 Å². The molecule has 0 radical (unpaired) electrons. The van der Waals surface area contributed by atoms with Gasteiger partial charge in [-0.25, -0.2) is 0 Å². The summed E-state index contributed by atoms with van der Waals surface area (Å²) in [5.74, 6) is 2.95. The summed E-state index contributed by atoms with van der Waals surface area (Å²) in [5, 5.41) is 2.40. The molecule has 90 valence electrons. The lowest BCUT2D eigenvalue weighted by atomic mass is 10.1. The van der Waals surface area contributed by atoms with E-state index in [0.717, 1.165) is 30.4 Å². The Morgan fingerprint density at radius 2 is 1.82 bits per heavy atom. The van der Waals surface area contributed by atoms with Crippen LogP contribution in [0.5, 0.6) is 5.75 Å². The van der Waals surface area contributed by atoms with Crippen LogP contribution < -0.4 is 10.5 Å². The van der Waals surface area contributed by atoms with E-state index >= 15 is 0 Å². The van der Waals surface area contributed by atoms with E-state index in [1.165, 1.54) is 10.8 Å². The van der Waals surface area contributed by atoms with Crippen molar-refractivity contribution in [3.8, 4) is 5.75 Å². The first kappa shape index (κ1) is 12.3. The maximum absolute atomic E-state index is 5.80. The molecule has 0 aromatic heterocycles. The summed E-state index contributed by atoms with van der Waals surface area (Å²) in [6, 6.07) is 14.4. The number of fused-ring (bicyclic) bond motifs is 1. The molecule has 0 spiro atoms. The van der Waals surface area contributed by atoms with Crippen molar-refractivity contribution in [2.75, 3.05) is 24.7 Å². The van der Waals surface area contributed by atoms with Crippen molar-refractivity contribution < 1.29 is 4.74 Å². The minimum Gasteiger partial charge on any atom is -0.492 e. The van der Waals surface area contributed by atoms with Crippen LogP contribution in [0, 0.1) is 0 Å². The highest BCUT2D eigenvalue weighted by Gasteiger charge is 2.00. The van der Waals surface area contributed by atoms with Crippen LogP contribution >= 0.6 is 11.8 Å². The minimum atomic E-state index is 0.735. The van der Waals surface area contributed by atoms with Gasteiger partial charge in [-0.2, -0.15) is 11.8 Å². The highest BCUT2D eigenvalue weighted by molar-refractivity contribution is 7.99. The number of thioether (sulfide) groups is 1. The summed E-state index contributed by atoms with van der Waals surface area (Å²) in [5.41, 5.74) is 5.43. The Morgan fingerprint density at radius 1 is 1.00 bits per heavy atom. The molecule has 0 fully saturated rings. The second-order valence-corrected chi connectivity index (χ2v) is 4.95. The van der Waals surface area contributed by atoms with E-state index in [2.05, 4.69) is 18.2 Å². The highest BCUT2D eigenvalue weighted by Crippen LogP contribution is 2.25. The summed E-state index contributed by atoms with van der Waals surface area (Å²) in [6.45, 7) is 1.47. The van der Waals surface area contributed by atoms with Gasteiger partial charge in [-0.15, -0.1) is 0 Å². The van der Waals surface area contributed by atoms with E-state index in [9.17, 15) is 0 Å². The van der Waals surface area contributed by atoms with Gasteiger partial charge in [0.2, 0.25) is 0 Å². The molecule has 17 heavy (non-hydrogen) atoms. The van der Waals surface area contributed by atoms with Gasteiger partial charge in [-0.3, -0.25) is 0 Å². The molecule has 2 aromatic carbocycles. The molecule has 0 heterocycles. The third-order valence-electron chi connectivity index (χ3n) is 2.50. The zero-order valence-electron chi connectivity index (χ0n) is 9.76. The van der Waals surface area contributed by atoms with Crippen LogP contribution in [0.15, 0.2) is 42.5 Å². The Hall–Kier alpha value is -1.19. The van der Waals surface area contributed by atoms with Crippen molar-refractivity contribution in [3.63, 3.8) is 0 Å². The predicted octanol–water partition coefficient (Wildman–Crippen LogP) is 2.91. The number of benzene rings is 2. The molecule has 0 aliphatic heterocycles. The molecule has 0 aliphatic rings. The molecular formula is C14H17NOS. The van der Waals surface area contributed by atoms with Gasteiger partial charge in [-0.1, -0.05) is 36.4 Å². The zero-order valence-corrected chi connectivity index (χ0v) is 10.6. The third-order valence-corrected chi connectivity index (χ3v) is 3.48. The van der Waals surface area contributed by atoms with Crippen molar-refractivity contribution in [3.05, 3.63) is 42.5 Å². The monoisotopic (exact) mass is 247 g/mol. The molecular weight excluding hydrogens is 230 g/mol. The molecule has 0 saturated carbocycles. The third kappa shape index (κ3) is 3.38. The fraction of sp³-hybridized carbons (Fsp3) is 0.286. The van der Waals surface area contributed by atoms with Gasteiger partial charge >= 0.3 is 0 Å². The number of ether oxygens (including phenoxy) is 1. The molecule has 2 rings (SSSR count). The SMILES string of the molecule is NCCSCCOc1cccc2ccccc12. The lowest BCUT2D eigenvalue weighted by molar-refractivity contribution is 0.348. The Bertz CT molecular complexity index is 467. The van der Waals surface area contributed by atoms with Gasteiger partial charge < -0.3 is 10.5 Å². The Kier molecular flexibility index (Phi) is 4.71. The van der Waals surface area contributed by atoms with E-state index in [0.29, 0.717) is 0 Å². The van der Waals surface area contributed by atoms with Crippen LogP contribution in [0.4, 0.5) is 0 Å². The molecule has 0 unspecified atom stereocenters. The lowest BCUT2D eigenvalue weighted by Crippen LogP contribution is -2.05. The van der Waals surface area contributed by atoms with E-state index in [1.807, 2.05) is 36.0 Å². The second kappa shape index (κ2) is 6.52. The average molecular weight is 247 g/mol. The first-order chi connectivity index (χ1) is 8.42. The molecule has 2 nitrogen and oxygen atoms in total. The van der Waals surface area contributed by atoms with Crippen LogP contribution in [0.3, 0.4) is 0 Å².